The van der Waals surface area contributed by atoms with Gasteiger partial charge in [-0.05, 0) is 45.4 Å². The van der Waals surface area contributed by atoms with Gasteiger partial charge in [-0.25, -0.2) is 0 Å². The fourth-order valence-electron chi connectivity index (χ4n) is 2.04. The van der Waals surface area contributed by atoms with Gasteiger partial charge in [0.05, 0.1) is 6.42 Å². The highest BCUT2D eigenvalue weighted by Crippen LogP contribution is 2.14. The van der Waals surface area contributed by atoms with Gasteiger partial charge in [0.1, 0.15) is 0 Å². The Morgan fingerprint density at radius 2 is 2.19 bits per heavy atom. The number of nitrogens with zero attached hydrogens (tertiary/aromatic N) is 1. The number of carboxylic acids is 1. The summed E-state index contributed by atoms with van der Waals surface area (Å²) in [5.74, 6) is -0.109. The first-order valence-corrected chi connectivity index (χ1v) is 5.94. The quantitative estimate of drug-likeness (QED) is 0.584. The van der Waals surface area contributed by atoms with Crippen LogP contribution in [-0.2, 0) is 4.79 Å². The average molecular weight is 229 g/mol. The van der Waals surface area contributed by atoms with Gasteiger partial charge in [-0.1, -0.05) is 0 Å². The Morgan fingerprint density at radius 3 is 2.75 bits per heavy atom. The van der Waals surface area contributed by atoms with Gasteiger partial charge in [0.15, 0.2) is 0 Å². The summed E-state index contributed by atoms with van der Waals surface area (Å²) in [7, 11) is 2.15. The van der Waals surface area contributed by atoms with Crippen LogP contribution < -0.4 is 11.1 Å². The second-order valence-electron chi connectivity index (χ2n) is 4.76. The summed E-state index contributed by atoms with van der Waals surface area (Å²) >= 11 is 0. The van der Waals surface area contributed by atoms with Crippen LogP contribution in [0, 0.1) is 5.92 Å². The Balaban J connectivity index is 2.04. The van der Waals surface area contributed by atoms with Crippen LogP contribution in [0.4, 0.5) is 0 Å². The molecule has 0 amide bonds. The molecule has 0 saturated carbocycles. The van der Waals surface area contributed by atoms with Crippen LogP contribution in [0.2, 0.25) is 0 Å². The summed E-state index contributed by atoms with van der Waals surface area (Å²) in [6.45, 7) is 3.88. The first-order valence-electron chi connectivity index (χ1n) is 5.94. The van der Waals surface area contributed by atoms with E-state index in [9.17, 15) is 4.79 Å². The topological polar surface area (TPSA) is 78.6 Å². The highest BCUT2D eigenvalue weighted by molar-refractivity contribution is 5.67. The molecule has 1 saturated heterocycles. The molecule has 1 fully saturated rings. The summed E-state index contributed by atoms with van der Waals surface area (Å²) in [6, 6.07) is -0.274. The molecule has 0 aromatic carbocycles. The zero-order chi connectivity index (χ0) is 12.0. The fourth-order valence-corrected chi connectivity index (χ4v) is 2.04. The van der Waals surface area contributed by atoms with E-state index >= 15 is 0 Å². The molecule has 1 unspecified atom stereocenters. The van der Waals surface area contributed by atoms with Crippen LogP contribution in [-0.4, -0.2) is 55.2 Å². The molecule has 94 valence electrons. The molecule has 5 nitrogen and oxygen atoms in total. The molecule has 1 atom stereocenters. The van der Waals surface area contributed by atoms with Crippen molar-refractivity contribution in [2.24, 2.45) is 11.7 Å². The number of nitrogens with one attached hydrogen (secondary N) is 1. The first-order chi connectivity index (χ1) is 7.58. The van der Waals surface area contributed by atoms with E-state index in [1.165, 1.54) is 12.8 Å². The molecule has 0 radical (unpaired) electrons. The molecule has 1 rings (SSSR count). The predicted octanol–water partition coefficient (Wildman–Crippen LogP) is -0.280. The van der Waals surface area contributed by atoms with E-state index < -0.39 is 5.97 Å². The van der Waals surface area contributed by atoms with Crippen molar-refractivity contribution in [3.05, 3.63) is 0 Å². The van der Waals surface area contributed by atoms with Gasteiger partial charge in [-0.15, -0.1) is 0 Å². The molecule has 0 aromatic heterocycles. The van der Waals surface area contributed by atoms with Crippen LogP contribution in [0.5, 0.6) is 0 Å². The number of hydrogen-bond acceptors (Lipinski definition) is 4. The number of carboxylic acid groups (broad SMARTS) is 1. The highest BCUT2D eigenvalue weighted by Gasteiger charge is 2.16. The van der Waals surface area contributed by atoms with Gasteiger partial charge in [-0.3, -0.25) is 4.79 Å². The molecular weight excluding hydrogens is 206 g/mol. The van der Waals surface area contributed by atoms with E-state index in [1.807, 2.05) is 0 Å². The normalized spacial score (nSPS) is 20.9. The predicted molar refractivity (Wildman–Crippen MR) is 63.3 cm³/mol. The van der Waals surface area contributed by atoms with E-state index in [2.05, 4.69) is 17.3 Å². The van der Waals surface area contributed by atoms with Crippen molar-refractivity contribution in [1.82, 2.24) is 10.2 Å². The van der Waals surface area contributed by atoms with Crippen LogP contribution in [0.15, 0.2) is 0 Å². The molecule has 0 aromatic rings. The minimum absolute atomic E-state index is 0.0421. The monoisotopic (exact) mass is 229 g/mol. The number of likely N-dealkylation sites (tertiary alicyclic amines) is 1. The molecule has 0 bridgehead atoms. The van der Waals surface area contributed by atoms with Crippen molar-refractivity contribution >= 4 is 5.97 Å². The van der Waals surface area contributed by atoms with E-state index in [-0.39, 0.29) is 12.5 Å². The van der Waals surface area contributed by atoms with Crippen molar-refractivity contribution in [2.75, 3.05) is 33.2 Å². The molecule has 1 aliphatic heterocycles. The van der Waals surface area contributed by atoms with Crippen molar-refractivity contribution in [3.63, 3.8) is 0 Å². The van der Waals surface area contributed by atoms with Crippen molar-refractivity contribution in [2.45, 2.75) is 25.3 Å². The zero-order valence-electron chi connectivity index (χ0n) is 9.98. The summed E-state index contributed by atoms with van der Waals surface area (Å²) in [6.07, 6.45) is 2.48. The second kappa shape index (κ2) is 6.83. The van der Waals surface area contributed by atoms with Crippen LogP contribution in [0.3, 0.4) is 0 Å². The molecule has 1 aliphatic rings. The van der Waals surface area contributed by atoms with Crippen molar-refractivity contribution < 1.29 is 9.90 Å². The molecule has 4 N–H and O–H groups in total. The van der Waals surface area contributed by atoms with E-state index in [1.54, 1.807) is 0 Å². The van der Waals surface area contributed by atoms with Crippen molar-refractivity contribution in [3.8, 4) is 0 Å². The Labute approximate surface area is 97.0 Å². The van der Waals surface area contributed by atoms with Crippen LogP contribution in [0.25, 0.3) is 0 Å². The lowest BCUT2D eigenvalue weighted by atomic mass is 9.97. The Hall–Kier alpha value is -0.650. The molecule has 0 aliphatic carbocycles. The van der Waals surface area contributed by atoms with Gasteiger partial charge in [0.2, 0.25) is 0 Å². The standard InChI is InChI=1S/C11H23N3O2/c1-14-4-2-9(3-5-14)7-13-8-10(12)6-11(15)16/h9-10,13H,2-8,12H2,1H3,(H,15,16). The van der Waals surface area contributed by atoms with Crippen molar-refractivity contribution in [1.29, 1.82) is 0 Å². The van der Waals surface area contributed by atoms with E-state index in [4.69, 9.17) is 10.8 Å². The number of hydrogen-bond donors (Lipinski definition) is 3. The highest BCUT2D eigenvalue weighted by atomic mass is 16.4. The molecule has 1 heterocycles. The first kappa shape index (κ1) is 13.4. The largest absolute Gasteiger partial charge is 0.481 e. The maximum Gasteiger partial charge on any atom is 0.304 e. The Morgan fingerprint density at radius 1 is 1.56 bits per heavy atom. The number of aliphatic carboxylic acids is 1. The zero-order valence-corrected chi connectivity index (χ0v) is 9.98. The SMILES string of the molecule is CN1CCC(CNCC(N)CC(=O)O)CC1. The summed E-state index contributed by atoms with van der Waals surface area (Å²) < 4.78 is 0. The van der Waals surface area contributed by atoms with Crippen LogP contribution >= 0.6 is 0 Å². The fraction of sp³-hybridized carbons (Fsp3) is 0.909. The summed E-state index contributed by atoms with van der Waals surface area (Å²) in [5.41, 5.74) is 5.66. The molecule has 5 heteroatoms. The molecule has 0 spiro atoms. The number of rotatable bonds is 6. The number of nitrogens with two attached hydrogens (primary N) is 1. The maximum absolute atomic E-state index is 10.4. The molecule has 16 heavy (non-hydrogen) atoms. The average Bonchev–Trinajstić information content (AvgIpc) is 2.20. The second-order valence-corrected chi connectivity index (χ2v) is 4.76. The van der Waals surface area contributed by atoms with Gasteiger partial charge in [-0.2, -0.15) is 0 Å². The van der Waals surface area contributed by atoms with Gasteiger partial charge < -0.3 is 21.1 Å². The third-order valence-corrected chi connectivity index (χ3v) is 3.11. The van der Waals surface area contributed by atoms with E-state index in [0.717, 1.165) is 19.6 Å². The lowest BCUT2D eigenvalue weighted by Crippen LogP contribution is -2.40. The van der Waals surface area contributed by atoms with E-state index in [0.29, 0.717) is 12.5 Å². The Kier molecular flexibility index (Phi) is 5.73. The lowest BCUT2D eigenvalue weighted by Gasteiger charge is -2.29. The Bertz CT molecular complexity index is 215. The van der Waals surface area contributed by atoms with Gasteiger partial charge in [0, 0.05) is 12.6 Å². The molecular formula is C11H23N3O2. The maximum atomic E-state index is 10.4. The van der Waals surface area contributed by atoms with Gasteiger partial charge in [0.25, 0.3) is 0 Å². The third-order valence-electron chi connectivity index (χ3n) is 3.11. The third kappa shape index (κ3) is 5.44. The minimum Gasteiger partial charge on any atom is -0.481 e. The smallest absolute Gasteiger partial charge is 0.304 e. The summed E-state index contributed by atoms with van der Waals surface area (Å²) in [4.78, 5) is 12.7. The lowest BCUT2D eigenvalue weighted by molar-refractivity contribution is -0.137. The number of carbonyl (C=O) groups is 1. The minimum atomic E-state index is -0.825. The van der Waals surface area contributed by atoms with Gasteiger partial charge >= 0.3 is 5.97 Å². The number of piperidine rings is 1. The van der Waals surface area contributed by atoms with Crippen LogP contribution in [0.1, 0.15) is 19.3 Å². The summed E-state index contributed by atoms with van der Waals surface area (Å²) in [5, 5.41) is 11.8.